The molecule has 0 aliphatic carbocycles. The van der Waals surface area contributed by atoms with Crippen LogP contribution in [-0.4, -0.2) is 36.5 Å². The van der Waals surface area contributed by atoms with Crippen molar-refractivity contribution >= 4 is 5.91 Å². The second-order valence-electron chi connectivity index (χ2n) is 8.29. The molecule has 1 N–H and O–H groups in total. The molecule has 0 radical (unpaired) electrons. The molecule has 2 aromatic rings. The highest BCUT2D eigenvalue weighted by molar-refractivity contribution is 5.94. The fraction of sp³-hybridized carbons (Fsp3) is 0.440. The lowest BCUT2D eigenvalue weighted by Crippen LogP contribution is -2.38. The van der Waals surface area contributed by atoms with Gasteiger partial charge in [-0.1, -0.05) is 24.3 Å². The smallest absolute Gasteiger partial charge is 0.251 e. The standard InChI is InChI=1S/C25H31N3O/c1-19(2)28-15-12-22(13-16-28)17-21-5-3-20(4-6-21)11-14-27-25(29)24-9-7-23(18-26)8-10-24/h3-10,19,22H,11-17H2,1-2H3,(H,27,29). The molecular formula is C25H31N3O. The average Bonchev–Trinajstić information content (AvgIpc) is 2.75. The van der Waals surface area contributed by atoms with E-state index in [1.165, 1.54) is 43.5 Å². The van der Waals surface area contributed by atoms with Gasteiger partial charge in [-0.05, 0) is 93.9 Å². The summed E-state index contributed by atoms with van der Waals surface area (Å²) in [6.07, 6.45) is 4.57. The first kappa shape index (κ1) is 21.1. The molecule has 0 spiro atoms. The number of piperidine rings is 1. The lowest BCUT2D eigenvalue weighted by atomic mass is 9.89. The van der Waals surface area contributed by atoms with Crippen molar-refractivity contribution in [2.75, 3.05) is 19.6 Å². The fourth-order valence-electron chi connectivity index (χ4n) is 3.97. The minimum absolute atomic E-state index is 0.0983. The van der Waals surface area contributed by atoms with Crippen molar-refractivity contribution in [3.63, 3.8) is 0 Å². The minimum atomic E-state index is -0.0983. The highest BCUT2D eigenvalue weighted by atomic mass is 16.1. The molecule has 1 aliphatic rings. The van der Waals surface area contributed by atoms with E-state index >= 15 is 0 Å². The van der Waals surface area contributed by atoms with E-state index in [1.54, 1.807) is 24.3 Å². The summed E-state index contributed by atoms with van der Waals surface area (Å²) in [4.78, 5) is 14.8. The van der Waals surface area contributed by atoms with Gasteiger partial charge in [0.15, 0.2) is 0 Å². The molecule has 2 aromatic carbocycles. The number of hydrogen-bond donors (Lipinski definition) is 1. The highest BCUT2D eigenvalue weighted by Gasteiger charge is 2.20. The van der Waals surface area contributed by atoms with E-state index in [1.807, 2.05) is 0 Å². The molecule has 0 saturated carbocycles. The van der Waals surface area contributed by atoms with Crippen LogP contribution in [0.4, 0.5) is 0 Å². The van der Waals surface area contributed by atoms with Gasteiger partial charge in [0, 0.05) is 18.2 Å². The van der Waals surface area contributed by atoms with Crippen LogP contribution in [0.2, 0.25) is 0 Å². The largest absolute Gasteiger partial charge is 0.352 e. The first-order valence-electron chi connectivity index (χ1n) is 10.7. The number of carbonyl (C=O) groups excluding carboxylic acids is 1. The number of nitrogens with zero attached hydrogens (tertiary/aromatic N) is 2. The molecule has 1 saturated heterocycles. The van der Waals surface area contributed by atoms with E-state index in [2.05, 4.69) is 54.4 Å². The van der Waals surface area contributed by atoms with Crippen molar-refractivity contribution in [2.45, 2.75) is 45.6 Å². The summed E-state index contributed by atoms with van der Waals surface area (Å²) < 4.78 is 0. The molecule has 29 heavy (non-hydrogen) atoms. The number of hydrogen-bond acceptors (Lipinski definition) is 3. The Morgan fingerprint density at radius 2 is 1.69 bits per heavy atom. The number of carbonyl (C=O) groups is 1. The Labute approximate surface area is 174 Å². The zero-order valence-corrected chi connectivity index (χ0v) is 17.5. The van der Waals surface area contributed by atoms with Crippen LogP contribution in [0.5, 0.6) is 0 Å². The third-order valence-corrected chi connectivity index (χ3v) is 5.90. The van der Waals surface area contributed by atoms with Gasteiger partial charge in [0.2, 0.25) is 0 Å². The SMILES string of the molecule is CC(C)N1CCC(Cc2ccc(CCNC(=O)c3ccc(C#N)cc3)cc2)CC1. The molecule has 4 nitrogen and oxygen atoms in total. The third-order valence-electron chi connectivity index (χ3n) is 5.90. The molecule has 1 amide bonds. The van der Waals surface area contributed by atoms with Gasteiger partial charge in [0.25, 0.3) is 5.91 Å². The maximum atomic E-state index is 12.2. The monoisotopic (exact) mass is 389 g/mol. The molecule has 152 valence electrons. The predicted octanol–water partition coefficient (Wildman–Crippen LogP) is 4.19. The van der Waals surface area contributed by atoms with Crippen LogP contribution >= 0.6 is 0 Å². The quantitative estimate of drug-likeness (QED) is 0.772. The van der Waals surface area contributed by atoms with Gasteiger partial charge >= 0.3 is 0 Å². The number of nitrogens with one attached hydrogen (secondary N) is 1. The van der Waals surface area contributed by atoms with Gasteiger partial charge in [0.1, 0.15) is 0 Å². The molecule has 1 heterocycles. The summed E-state index contributed by atoms with van der Waals surface area (Å²) in [6, 6.07) is 18.3. The Kier molecular flexibility index (Phi) is 7.43. The summed E-state index contributed by atoms with van der Waals surface area (Å²) in [5.41, 5.74) is 3.80. The van der Waals surface area contributed by atoms with Crippen LogP contribution in [-0.2, 0) is 12.8 Å². The predicted molar refractivity (Wildman–Crippen MR) is 117 cm³/mol. The molecule has 1 aliphatic heterocycles. The van der Waals surface area contributed by atoms with Crippen LogP contribution in [0.1, 0.15) is 53.7 Å². The van der Waals surface area contributed by atoms with Crippen molar-refractivity contribution in [1.29, 1.82) is 5.26 Å². The Morgan fingerprint density at radius 1 is 1.07 bits per heavy atom. The molecule has 0 atom stereocenters. The summed E-state index contributed by atoms with van der Waals surface area (Å²) >= 11 is 0. The van der Waals surface area contributed by atoms with Crippen LogP contribution in [0, 0.1) is 17.2 Å². The van der Waals surface area contributed by atoms with Crippen molar-refractivity contribution in [1.82, 2.24) is 10.2 Å². The van der Waals surface area contributed by atoms with E-state index in [-0.39, 0.29) is 5.91 Å². The van der Waals surface area contributed by atoms with Gasteiger partial charge in [-0.2, -0.15) is 5.26 Å². The van der Waals surface area contributed by atoms with E-state index in [9.17, 15) is 4.79 Å². The number of likely N-dealkylation sites (tertiary alicyclic amines) is 1. The molecule has 0 bridgehead atoms. The zero-order chi connectivity index (χ0) is 20.6. The second-order valence-corrected chi connectivity index (χ2v) is 8.29. The number of nitriles is 1. The maximum absolute atomic E-state index is 12.2. The average molecular weight is 390 g/mol. The first-order chi connectivity index (χ1) is 14.0. The highest BCUT2D eigenvalue weighted by Crippen LogP contribution is 2.23. The van der Waals surface area contributed by atoms with Crippen molar-refractivity contribution < 1.29 is 4.79 Å². The molecule has 0 unspecified atom stereocenters. The summed E-state index contributed by atoms with van der Waals surface area (Å²) in [5.74, 6) is 0.696. The van der Waals surface area contributed by atoms with Crippen LogP contribution in [0.3, 0.4) is 0 Å². The normalized spacial score (nSPS) is 15.2. The fourth-order valence-corrected chi connectivity index (χ4v) is 3.97. The van der Waals surface area contributed by atoms with Gasteiger partial charge in [-0.25, -0.2) is 0 Å². The lowest BCUT2D eigenvalue weighted by molar-refractivity contribution is 0.0954. The van der Waals surface area contributed by atoms with Gasteiger partial charge in [-0.3, -0.25) is 4.79 Å². The van der Waals surface area contributed by atoms with Crippen molar-refractivity contribution in [3.05, 3.63) is 70.8 Å². The Morgan fingerprint density at radius 3 is 2.28 bits per heavy atom. The number of amides is 1. The van der Waals surface area contributed by atoms with Gasteiger partial charge < -0.3 is 10.2 Å². The van der Waals surface area contributed by atoms with Gasteiger partial charge in [-0.15, -0.1) is 0 Å². The molecule has 1 fully saturated rings. The van der Waals surface area contributed by atoms with Crippen LogP contribution < -0.4 is 5.32 Å². The van der Waals surface area contributed by atoms with E-state index < -0.39 is 0 Å². The number of rotatable bonds is 7. The first-order valence-corrected chi connectivity index (χ1v) is 10.7. The summed E-state index contributed by atoms with van der Waals surface area (Å²) in [5, 5.41) is 11.8. The van der Waals surface area contributed by atoms with Crippen LogP contribution in [0.25, 0.3) is 0 Å². The Balaban J connectivity index is 1.41. The Hall–Kier alpha value is -2.64. The maximum Gasteiger partial charge on any atom is 0.251 e. The van der Waals surface area contributed by atoms with Gasteiger partial charge in [0.05, 0.1) is 11.6 Å². The zero-order valence-electron chi connectivity index (χ0n) is 17.5. The molecule has 3 rings (SSSR count). The van der Waals surface area contributed by atoms with E-state index in [0.717, 1.165) is 12.3 Å². The van der Waals surface area contributed by atoms with Crippen LogP contribution in [0.15, 0.2) is 48.5 Å². The van der Waals surface area contributed by atoms with Crippen molar-refractivity contribution in [3.8, 4) is 6.07 Å². The Bertz CT molecular complexity index is 826. The minimum Gasteiger partial charge on any atom is -0.352 e. The molecular weight excluding hydrogens is 358 g/mol. The van der Waals surface area contributed by atoms with Crippen molar-refractivity contribution in [2.24, 2.45) is 5.92 Å². The summed E-state index contributed by atoms with van der Waals surface area (Å²) in [7, 11) is 0. The molecule has 4 heteroatoms. The third kappa shape index (κ3) is 6.17. The lowest BCUT2D eigenvalue weighted by Gasteiger charge is -2.34. The van der Waals surface area contributed by atoms with E-state index in [0.29, 0.717) is 23.7 Å². The molecule has 0 aromatic heterocycles. The topological polar surface area (TPSA) is 56.1 Å². The summed E-state index contributed by atoms with van der Waals surface area (Å²) in [6.45, 7) is 7.61. The number of benzene rings is 2. The van der Waals surface area contributed by atoms with E-state index in [4.69, 9.17) is 5.26 Å². The second kappa shape index (κ2) is 10.2.